The minimum atomic E-state index is 0.515. The molecule has 6 heteroatoms. The summed E-state index contributed by atoms with van der Waals surface area (Å²) in [6.07, 6.45) is 5.07. The number of halogens is 1. The van der Waals surface area contributed by atoms with E-state index in [1.54, 1.807) is 12.5 Å². The van der Waals surface area contributed by atoms with Crippen LogP contribution < -0.4 is 10.6 Å². The van der Waals surface area contributed by atoms with E-state index >= 15 is 0 Å². The van der Waals surface area contributed by atoms with Crippen LogP contribution in [-0.2, 0) is 6.42 Å². The van der Waals surface area contributed by atoms with Crippen molar-refractivity contribution in [2.75, 3.05) is 23.7 Å². The van der Waals surface area contributed by atoms with E-state index in [9.17, 15) is 0 Å². The van der Waals surface area contributed by atoms with Crippen LogP contribution in [0.3, 0.4) is 0 Å². The SMILES string of the molecule is CCCNc1ncc(Cl)c(NCCc2ccco2)n1. The Kier molecular flexibility index (Phi) is 5.03. The number of nitrogens with zero attached hydrogens (tertiary/aromatic N) is 2. The van der Waals surface area contributed by atoms with Gasteiger partial charge in [0, 0.05) is 19.5 Å². The van der Waals surface area contributed by atoms with Crippen LogP contribution >= 0.6 is 11.6 Å². The third-order valence-corrected chi connectivity index (χ3v) is 2.80. The number of furan rings is 1. The molecule has 2 N–H and O–H groups in total. The van der Waals surface area contributed by atoms with E-state index in [-0.39, 0.29) is 0 Å². The molecule has 2 heterocycles. The molecule has 0 atom stereocenters. The largest absolute Gasteiger partial charge is 0.469 e. The zero-order chi connectivity index (χ0) is 13.5. The van der Waals surface area contributed by atoms with Gasteiger partial charge in [-0.2, -0.15) is 4.98 Å². The molecule has 2 aromatic heterocycles. The minimum absolute atomic E-state index is 0.515. The van der Waals surface area contributed by atoms with Crippen LogP contribution in [0.25, 0.3) is 0 Å². The van der Waals surface area contributed by atoms with E-state index in [1.807, 2.05) is 12.1 Å². The summed E-state index contributed by atoms with van der Waals surface area (Å²) in [7, 11) is 0. The van der Waals surface area contributed by atoms with E-state index in [2.05, 4.69) is 27.5 Å². The summed E-state index contributed by atoms with van der Waals surface area (Å²) >= 11 is 6.05. The van der Waals surface area contributed by atoms with Crippen molar-refractivity contribution in [2.24, 2.45) is 0 Å². The van der Waals surface area contributed by atoms with Crippen molar-refractivity contribution >= 4 is 23.4 Å². The van der Waals surface area contributed by atoms with Crippen molar-refractivity contribution in [1.29, 1.82) is 0 Å². The molecule has 0 unspecified atom stereocenters. The first-order chi connectivity index (χ1) is 9.29. The van der Waals surface area contributed by atoms with E-state index < -0.39 is 0 Å². The molecule has 0 fully saturated rings. The fraction of sp³-hybridized carbons (Fsp3) is 0.385. The molecule has 5 nitrogen and oxygen atoms in total. The van der Waals surface area contributed by atoms with Crippen molar-refractivity contribution in [2.45, 2.75) is 19.8 Å². The van der Waals surface area contributed by atoms with Gasteiger partial charge in [-0.05, 0) is 18.6 Å². The monoisotopic (exact) mass is 280 g/mol. The smallest absolute Gasteiger partial charge is 0.224 e. The highest BCUT2D eigenvalue weighted by molar-refractivity contribution is 6.32. The second-order valence-electron chi connectivity index (χ2n) is 4.07. The predicted octanol–water partition coefficient (Wildman–Crippen LogP) is 3.20. The van der Waals surface area contributed by atoms with Crippen LogP contribution in [0.4, 0.5) is 11.8 Å². The van der Waals surface area contributed by atoms with Crippen LogP contribution in [0.15, 0.2) is 29.0 Å². The number of rotatable bonds is 7. The molecular formula is C13H17ClN4O. The molecule has 2 rings (SSSR count). The summed E-state index contributed by atoms with van der Waals surface area (Å²) in [5.41, 5.74) is 0. The maximum Gasteiger partial charge on any atom is 0.224 e. The lowest BCUT2D eigenvalue weighted by molar-refractivity contribution is 0.513. The molecule has 2 aromatic rings. The molecular weight excluding hydrogens is 264 g/mol. The Hall–Kier alpha value is -1.75. The van der Waals surface area contributed by atoms with Crippen molar-refractivity contribution in [3.05, 3.63) is 35.4 Å². The molecule has 0 spiro atoms. The second-order valence-corrected chi connectivity index (χ2v) is 4.48. The quantitative estimate of drug-likeness (QED) is 0.815. The number of hydrogen-bond acceptors (Lipinski definition) is 5. The Morgan fingerprint density at radius 3 is 2.95 bits per heavy atom. The predicted molar refractivity (Wildman–Crippen MR) is 76.7 cm³/mol. The van der Waals surface area contributed by atoms with Gasteiger partial charge in [-0.3, -0.25) is 0 Å². The van der Waals surface area contributed by atoms with Gasteiger partial charge in [-0.1, -0.05) is 18.5 Å². The van der Waals surface area contributed by atoms with E-state index in [0.717, 1.165) is 25.1 Å². The molecule has 0 radical (unpaired) electrons. The van der Waals surface area contributed by atoms with Gasteiger partial charge in [0.1, 0.15) is 16.6 Å². The lowest BCUT2D eigenvalue weighted by Gasteiger charge is -2.09. The Labute approximate surface area is 117 Å². The van der Waals surface area contributed by atoms with Gasteiger partial charge >= 0.3 is 0 Å². The molecule has 0 aliphatic rings. The standard InChI is InChI=1S/C13H17ClN4O/c1-2-6-16-13-17-9-11(14)12(18-13)15-7-5-10-4-3-8-19-10/h3-4,8-9H,2,5-7H2,1H3,(H2,15,16,17,18). The van der Waals surface area contributed by atoms with Crippen molar-refractivity contribution in [3.8, 4) is 0 Å². The number of aromatic nitrogens is 2. The number of nitrogens with one attached hydrogen (secondary N) is 2. The Bertz CT molecular complexity index is 501. The van der Waals surface area contributed by atoms with Gasteiger partial charge < -0.3 is 15.1 Å². The lowest BCUT2D eigenvalue weighted by atomic mass is 10.3. The highest BCUT2D eigenvalue weighted by atomic mass is 35.5. The van der Waals surface area contributed by atoms with Crippen molar-refractivity contribution < 1.29 is 4.42 Å². The first kappa shape index (κ1) is 13.7. The summed E-state index contributed by atoms with van der Waals surface area (Å²) in [6, 6.07) is 3.82. The molecule has 0 bridgehead atoms. The van der Waals surface area contributed by atoms with Gasteiger partial charge in [-0.25, -0.2) is 4.98 Å². The third kappa shape index (κ3) is 4.13. The summed E-state index contributed by atoms with van der Waals surface area (Å²) in [5.74, 6) is 2.16. The molecule has 0 saturated heterocycles. The van der Waals surface area contributed by atoms with Gasteiger partial charge in [0.05, 0.1) is 12.5 Å². The van der Waals surface area contributed by atoms with Gasteiger partial charge in [-0.15, -0.1) is 0 Å². The minimum Gasteiger partial charge on any atom is -0.469 e. The van der Waals surface area contributed by atoms with Crippen molar-refractivity contribution in [1.82, 2.24) is 9.97 Å². The molecule has 19 heavy (non-hydrogen) atoms. The summed E-state index contributed by atoms with van der Waals surface area (Å²) in [6.45, 7) is 3.64. The number of hydrogen-bond donors (Lipinski definition) is 2. The first-order valence-electron chi connectivity index (χ1n) is 6.32. The normalized spacial score (nSPS) is 10.4. The van der Waals surface area contributed by atoms with E-state index in [0.29, 0.717) is 23.3 Å². The molecule has 0 aliphatic carbocycles. The fourth-order valence-corrected chi connectivity index (χ4v) is 1.73. The lowest BCUT2D eigenvalue weighted by Crippen LogP contribution is -2.10. The maximum absolute atomic E-state index is 6.05. The highest BCUT2D eigenvalue weighted by Gasteiger charge is 2.05. The van der Waals surface area contributed by atoms with Crippen molar-refractivity contribution in [3.63, 3.8) is 0 Å². The third-order valence-electron chi connectivity index (χ3n) is 2.52. The highest BCUT2D eigenvalue weighted by Crippen LogP contribution is 2.19. The Morgan fingerprint density at radius 1 is 1.32 bits per heavy atom. The molecule has 0 aromatic carbocycles. The Morgan fingerprint density at radius 2 is 2.21 bits per heavy atom. The molecule has 0 saturated carbocycles. The van der Waals surface area contributed by atoms with Gasteiger partial charge in [0.15, 0.2) is 0 Å². The fourth-order valence-electron chi connectivity index (χ4n) is 1.57. The van der Waals surface area contributed by atoms with E-state index in [4.69, 9.17) is 16.0 Å². The molecule has 102 valence electrons. The van der Waals surface area contributed by atoms with Crippen LogP contribution in [0.2, 0.25) is 5.02 Å². The van der Waals surface area contributed by atoms with Crippen LogP contribution in [0.1, 0.15) is 19.1 Å². The average molecular weight is 281 g/mol. The summed E-state index contributed by atoms with van der Waals surface area (Å²) in [5, 5.41) is 6.83. The van der Waals surface area contributed by atoms with E-state index in [1.165, 1.54) is 0 Å². The summed E-state index contributed by atoms with van der Waals surface area (Å²) in [4.78, 5) is 8.45. The van der Waals surface area contributed by atoms with Gasteiger partial charge in [0.2, 0.25) is 5.95 Å². The Balaban J connectivity index is 1.90. The van der Waals surface area contributed by atoms with Crippen LogP contribution in [-0.4, -0.2) is 23.1 Å². The maximum atomic E-state index is 6.05. The molecule has 0 aliphatic heterocycles. The van der Waals surface area contributed by atoms with Gasteiger partial charge in [0.25, 0.3) is 0 Å². The van der Waals surface area contributed by atoms with Crippen LogP contribution in [0.5, 0.6) is 0 Å². The number of anilines is 2. The topological polar surface area (TPSA) is 63.0 Å². The zero-order valence-corrected chi connectivity index (χ0v) is 11.6. The zero-order valence-electron chi connectivity index (χ0n) is 10.8. The molecule has 0 amide bonds. The average Bonchev–Trinajstić information content (AvgIpc) is 2.92. The first-order valence-corrected chi connectivity index (χ1v) is 6.70. The second kappa shape index (κ2) is 6.99. The van der Waals surface area contributed by atoms with Crippen LogP contribution in [0, 0.1) is 0 Å². The summed E-state index contributed by atoms with van der Waals surface area (Å²) < 4.78 is 5.26.